The maximum Gasteiger partial charge on any atom is 0.573 e. The molecule has 2 aromatic carbocycles. The lowest BCUT2D eigenvalue weighted by Crippen LogP contribution is -2.49. The lowest BCUT2D eigenvalue weighted by atomic mass is 9.76. The summed E-state index contributed by atoms with van der Waals surface area (Å²) in [6.45, 7) is 1.17. The van der Waals surface area contributed by atoms with Gasteiger partial charge in [-0.1, -0.05) is 6.07 Å². The molecule has 32 heavy (non-hydrogen) atoms. The number of rotatable bonds is 6. The maximum absolute atomic E-state index is 12.5. The van der Waals surface area contributed by atoms with Crippen LogP contribution in [0.2, 0.25) is 0 Å². The van der Waals surface area contributed by atoms with E-state index >= 15 is 0 Å². The second-order valence-electron chi connectivity index (χ2n) is 7.05. The zero-order valence-electron chi connectivity index (χ0n) is 16.6. The van der Waals surface area contributed by atoms with Gasteiger partial charge in [-0.25, -0.2) is 0 Å². The van der Waals surface area contributed by atoms with Crippen LogP contribution < -0.4 is 20.3 Å². The summed E-state index contributed by atoms with van der Waals surface area (Å²) in [6, 6.07) is 11.1. The van der Waals surface area contributed by atoms with Crippen molar-refractivity contribution in [2.75, 3.05) is 6.61 Å². The average Bonchev–Trinajstić information content (AvgIpc) is 3.12. The molecule has 0 radical (unpaired) electrons. The van der Waals surface area contributed by atoms with E-state index in [1.807, 2.05) is 12.1 Å². The van der Waals surface area contributed by atoms with Crippen LogP contribution in [0.1, 0.15) is 28.4 Å². The third kappa shape index (κ3) is 5.11. The number of amides is 1. The van der Waals surface area contributed by atoms with Crippen LogP contribution in [0.3, 0.4) is 0 Å². The van der Waals surface area contributed by atoms with Crippen molar-refractivity contribution in [3.05, 3.63) is 53.1 Å². The van der Waals surface area contributed by atoms with E-state index in [9.17, 15) is 33.5 Å². The van der Waals surface area contributed by atoms with Crippen LogP contribution in [0.25, 0.3) is 0 Å². The molecule has 3 rings (SSSR count). The number of benzene rings is 2. The Morgan fingerprint density at radius 3 is 2.53 bits per heavy atom. The van der Waals surface area contributed by atoms with E-state index in [2.05, 4.69) is 10.1 Å². The highest BCUT2D eigenvalue weighted by Gasteiger charge is 2.34. The molecular weight excluding hydrogens is 430 g/mol. The van der Waals surface area contributed by atoms with Crippen molar-refractivity contribution in [3.63, 3.8) is 0 Å². The minimum atomic E-state index is -4.86. The number of carbonyl (C=O) groups is 1. The Bertz CT molecular complexity index is 1110. The molecule has 1 atom stereocenters. The maximum atomic E-state index is 12.5. The summed E-state index contributed by atoms with van der Waals surface area (Å²) in [4.78, 5) is 12.5. The molecule has 0 saturated heterocycles. The molecule has 0 bridgehead atoms. The molecule has 0 aromatic heterocycles. The first-order valence-electron chi connectivity index (χ1n) is 9.13. The van der Waals surface area contributed by atoms with Crippen molar-refractivity contribution in [2.45, 2.75) is 25.4 Å². The van der Waals surface area contributed by atoms with E-state index in [1.54, 1.807) is 6.07 Å². The number of halogens is 3. The van der Waals surface area contributed by atoms with Gasteiger partial charge in [0, 0.05) is 11.0 Å². The zero-order valence-corrected chi connectivity index (χ0v) is 16.6. The van der Waals surface area contributed by atoms with Crippen LogP contribution in [-0.2, 0) is 11.3 Å². The molecule has 0 spiro atoms. The highest BCUT2D eigenvalue weighted by Crippen LogP contribution is 2.24. The van der Waals surface area contributed by atoms with Crippen molar-refractivity contribution < 1.29 is 37.1 Å². The number of hydrogen-bond donors (Lipinski definition) is 2. The summed E-state index contributed by atoms with van der Waals surface area (Å²) < 4.78 is 51.2. The Balaban J connectivity index is 1.70. The molecule has 1 heterocycles. The van der Waals surface area contributed by atoms with Gasteiger partial charge >= 0.3 is 13.5 Å². The molecule has 2 N–H and O–H groups in total. The number of nitriles is 2. The fourth-order valence-electron chi connectivity index (χ4n) is 2.99. The van der Waals surface area contributed by atoms with Crippen molar-refractivity contribution in [3.8, 4) is 23.6 Å². The minimum absolute atomic E-state index is 0.00323. The summed E-state index contributed by atoms with van der Waals surface area (Å²) in [5, 5.41) is 31.4. The first-order valence-corrected chi connectivity index (χ1v) is 9.13. The van der Waals surface area contributed by atoms with Crippen molar-refractivity contribution in [1.82, 2.24) is 5.32 Å². The molecule has 1 aliphatic rings. The normalized spacial score (nSPS) is 14.5. The molecule has 1 amide bonds. The topological polar surface area (TPSA) is 125 Å². The Morgan fingerprint density at radius 2 is 1.94 bits per heavy atom. The highest BCUT2D eigenvalue weighted by molar-refractivity contribution is 6.62. The van der Waals surface area contributed by atoms with Gasteiger partial charge in [0.2, 0.25) is 0 Å². The number of ether oxygens (including phenoxy) is 2. The van der Waals surface area contributed by atoms with Crippen LogP contribution >= 0.6 is 0 Å². The third-order valence-corrected chi connectivity index (χ3v) is 4.56. The number of carbonyl (C=O) groups excluding carboxylic acids is 1. The molecule has 0 fully saturated rings. The van der Waals surface area contributed by atoms with Crippen molar-refractivity contribution in [1.29, 1.82) is 10.5 Å². The van der Waals surface area contributed by atoms with Gasteiger partial charge in [0.05, 0.1) is 18.2 Å². The second-order valence-corrected chi connectivity index (χ2v) is 7.05. The smallest absolute Gasteiger partial charge is 0.489 e. The van der Waals surface area contributed by atoms with Crippen LogP contribution in [0.4, 0.5) is 13.2 Å². The van der Waals surface area contributed by atoms with E-state index in [0.29, 0.717) is 5.56 Å². The molecular formula is C20H15BF3N3O5. The lowest BCUT2D eigenvalue weighted by Gasteiger charge is -2.24. The molecule has 2 aromatic rings. The SMILES string of the molecule is CC(C#N)(COc1ccc2c(c1C#N)B(O)OC2)NC(=O)c1ccc(OC(F)(F)F)cc1. The Hall–Kier alpha value is -3.74. The summed E-state index contributed by atoms with van der Waals surface area (Å²) in [5.41, 5.74) is -0.570. The number of nitrogens with one attached hydrogen (secondary N) is 1. The fraction of sp³-hybridized carbons (Fsp3) is 0.250. The standard InChI is InChI=1S/C20H15BF3N3O5/c1-19(10-26,27-18(28)12-2-5-14(6-3-12)32-20(22,23)24)11-30-16-7-4-13-9-31-21(29)17(13)15(16)8-25/h2-7,29H,9,11H2,1H3,(H,27,28). The van der Waals surface area contributed by atoms with Gasteiger partial charge in [-0.2, -0.15) is 10.5 Å². The fourth-order valence-corrected chi connectivity index (χ4v) is 2.99. The summed E-state index contributed by atoms with van der Waals surface area (Å²) >= 11 is 0. The van der Waals surface area contributed by atoms with E-state index in [1.165, 1.54) is 13.0 Å². The van der Waals surface area contributed by atoms with Crippen molar-refractivity contribution in [2.24, 2.45) is 0 Å². The number of nitrogens with zero attached hydrogens (tertiary/aromatic N) is 2. The Morgan fingerprint density at radius 1 is 1.25 bits per heavy atom. The van der Waals surface area contributed by atoms with Crippen LogP contribution in [0.15, 0.2) is 36.4 Å². The molecule has 164 valence electrons. The predicted molar refractivity (Wildman–Crippen MR) is 104 cm³/mol. The highest BCUT2D eigenvalue weighted by atomic mass is 19.4. The van der Waals surface area contributed by atoms with Crippen LogP contribution in [0, 0.1) is 22.7 Å². The number of hydrogen-bond acceptors (Lipinski definition) is 7. The van der Waals surface area contributed by atoms with Gasteiger partial charge in [0.15, 0.2) is 5.54 Å². The molecule has 0 saturated carbocycles. The Labute approximate surface area is 180 Å². The molecule has 1 aliphatic heterocycles. The molecule has 0 aliphatic carbocycles. The third-order valence-electron chi connectivity index (χ3n) is 4.56. The van der Waals surface area contributed by atoms with Crippen LogP contribution in [-0.4, -0.2) is 36.6 Å². The van der Waals surface area contributed by atoms with Gasteiger partial charge in [-0.3, -0.25) is 4.79 Å². The second kappa shape index (κ2) is 8.79. The lowest BCUT2D eigenvalue weighted by molar-refractivity contribution is -0.274. The minimum Gasteiger partial charge on any atom is -0.489 e. The van der Waals surface area contributed by atoms with Gasteiger partial charge < -0.3 is 24.5 Å². The number of fused-ring (bicyclic) bond motifs is 1. The predicted octanol–water partition coefficient (Wildman–Crippen LogP) is 1.77. The first-order chi connectivity index (χ1) is 15.0. The quantitative estimate of drug-likeness (QED) is 0.650. The van der Waals surface area contributed by atoms with Gasteiger partial charge in [0.25, 0.3) is 5.91 Å². The van der Waals surface area contributed by atoms with E-state index < -0.39 is 30.7 Å². The van der Waals surface area contributed by atoms with Gasteiger partial charge in [-0.15, -0.1) is 13.2 Å². The van der Waals surface area contributed by atoms with Crippen molar-refractivity contribution >= 4 is 18.5 Å². The monoisotopic (exact) mass is 445 g/mol. The Kier molecular flexibility index (Phi) is 6.30. The summed E-state index contributed by atoms with van der Waals surface area (Å²) in [7, 11) is -1.27. The van der Waals surface area contributed by atoms with Crippen LogP contribution in [0.5, 0.6) is 11.5 Å². The zero-order chi connectivity index (χ0) is 23.5. The summed E-state index contributed by atoms with van der Waals surface area (Å²) in [5.74, 6) is -1.12. The average molecular weight is 445 g/mol. The summed E-state index contributed by atoms with van der Waals surface area (Å²) in [6.07, 6.45) is -4.86. The molecule has 1 unspecified atom stereocenters. The number of alkyl halides is 3. The first kappa shape index (κ1) is 22.9. The molecule has 8 nitrogen and oxygen atoms in total. The van der Waals surface area contributed by atoms with Gasteiger partial charge in [0.1, 0.15) is 24.2 Å². The largest absolute Gasteiger partial charge is 0.573 e. The van der Waals surface area contributed by atoms with Gasteiger partial charge in [-0.05, 0) is 42.8 Å². The van der Waals surface area contributed by atoms with E-state index in [-0.39, 0.29) is 35.6 Å². The van der Waals surface area contributed by atoms with E-state index in [4.69, 9.17) is 9.39 Å². The molecule has 12 heteroatoms. The van der Waals surface area contributed by atoms with E-state index in [0.717, 1.165) is 24.3 Å².